The zero-order chi connectivity index (χ0) is 90.4. The summed E-state index contributed by atoms with van der Waals surface area (Å²) in [4.78, 5) is 227. The fourth-order valence-electron chi connectivity index (χ4n) is 11.1. The van der Waals surface area contributed by atoms with Crippen molar-refractivity contribution in [3.63, 3.8) is 0 Å². The molecule has 3 rings (SSSR count). The molecule has 670 valence electrons. The van der Waals surface area contributed by atoms with Crippen molar-refractivity contribution in [1.82, 2.24) is 78.4 Å². The minimum absolute atomic E-state index is 0.0119. The van der Waals surface area contributed by atoms with Gasteiger partial charge in [-0.05, 0) is 81.5 Å². The Morgan fingerprint density at radius 3 is 1.33 bits per heavy atom. The summed E-state index contributed by atoms with van der Waals surface area (Å²) in [5.41, 5.74) is 5.62. The summed E-state index contributed by atoms with van der Waals surface area (Å²) in [6.07, 6.45) is -27.5. The fraction of sp³-hybridized carbons (Fsp3) is 0.620. The van der Waals surface area contributed by atoms with Crippen LogP contribution in [0.2, 0.25) is 0 Å². The number of hydrogen-bond donors (Lipinski definition) is 30. The number of aromatic nitrogens is 4. The predicted molar refractivity (Wildman–Crippen MR) is 417 cm³/mol. The third kappa shape index (κ3) is 36.0. The summed E-state index contributed by atoms with van der Waals surface area (Å²) >= 11 is 3.92. The van der Waals surface area contributed by atoms with Crippen molar-refractivity contribution in [3.05, 3.63) is 52.1 Å². The van der Waals surface area contributed by atoms with Crippen molar-refractivity contribution in [2.45, 2.75) is 227 Å². The van der Waals surface area contributed by atoms with Crippen molar-refractivity contribution < 1.29 is 149 Å². The number of benzene rings is 1. The lowest BCUT2D eigenvalue weighted by atomic mass is 9.98. The molecule has 0 bridgehead atoms. The first-order chi connectivity index (χ1) is 56.4. The van der Waals surface area contributed by atoms with E-state index in [1.807, 2.05) is 0 Å². The number of carboxylic acid groups (broad SMARTS) is 4. The van der Waals surface area contributed by atoms with Crippen LogP contribution in [0.4, 0.5) is 11.6 Å². The van der Waals surface area contributed by atoms with Crippen LogP contribution in [0.15, 0.2) is 35.3 Å². The molecule has 120 heavy (non-hydrogen) atoms. The Labute approximate surface area is 689 Å². The van der Waals surface area contributed by atoms with Crippen LogP contribution in [0.25, 0.3) is 11.2 Å². The lowest BCUT2D eigenvalue weighted by Gasteiger charge is -2.28. The quantitative estimate of drug-likeness (QED) is 0.0184. The van der Waals surface area contributed by atoms with Gasteiger partial charge < -0.3 is 151 Å². The van der Waals surface area contributed by atoms with Crippen molar-refractivity contribution in [2.24, 2.45) is 11.8 Å². The van der Waals surface area contributed by atoms with Crippen molar-refractivity contribution in [3.8, 4) is 0 Å². The largest absolute Gasteiger partial charge is 0.481 e. The van der Waals surface area contributed by atoms with Gasteiger partial charge in [0.2, 0.25) is 59.1 Å². The zero-order valence-electron chi connectivity index (χ0n) is 65.8. The highest BCUT2D eigenvalue weighted by Crippen LogP contribution is 2.17. The number of aliphatic hydroxyl groups excluding tert-OH is 11. The number of anilines is 2. The highest BCUT2D eigenvalue weighted by atomic mass is 32.1. The zero-order valence-corrected chi connectivity index (χ0v) is 66.7. The maximum atomic E-state index is 14.8. The molecule has 0 saturated carbocycles. The number of carboxylic acids is 4. The van der Waals surface area contributed by atoms with E-state index in [9.17, 15) is 153 Å². The van der Waals surface area contributed by atoms with Gasteiger partial charge >= 0.3 is 23.9 Å². The standard InChI is InChI=1S/C71H109N17O31S/c1-5-43(90)56(104)59(107)45(92)25-73-22-32(29-89)21-41(67(114)86-42(30-120)70(118)119)85-66(113)39(15-20-53(101)102)83-65(112)38(12-17-49(96)76-27-47(94)60(108)57(105)44(91)6-2)82-64(111)37(11-16-48(95)75-26-46(93)58(106)55(103)31(3)4)81-63(110)36(14-19-52(99)100)80-51(98)28-77-50(97)18-13-40(69(116)117)84-62(109)33-7-9-34(10-8-33)74-23-35-24-78-61-54(79-35)68(115)88-71(72)87-61/h7-10,24,29,31-32,36-47,55-60,73-74,90-94,103-108,120H,5-6,11-23,25-28,30H2,1-4H3,(H,75,95)(H,76,96)(H,77,97)(H,80,98)(H,81,110)(H,82,111)(H,83,112)(H,84,109)(H,85,113)(H,86,114)(H,99,100)(H,101,102)(H,116,117)(H,118,119)(H3,72,78,87,88,115). The Kier molecular flexibility index (Phi) is 45.0. The molecule has 0 spiro atoms. The molecule has 48 nitrogen and oxygen atoms in total. The Balaban J connectivity index is 2.02. The number of carbonyl (C=O) groups is 15. The van der Waals surface area contributed by atoms with E-state index in [1.54, 1.807) is 0 Å². The first kappa shape index (κ1) is 103. The molecule has 0 aliphatic carbocycles. The van der Waals surface area contributed by atoms with E-state index in [1.165, 1.54) is 58.2 Å². The number of hydrogen-bond acceptors (Lipinski definition) is 34. The average molecular weight is 1730 g/mol. The van der Waals surface area contributed by atoms with Crippen molar-refractivity contribution >= 4 is 125 Å². The highest BCUT2D eigenvalue weighted by Gasteiger charge is 2.38. The van der Waals surface area contributed by atoms with E-state index in [2.05, 4.69) is 96.4 Å². The molecular formula is C71H109N17O31S. The molecular weight excluding hydrogens is 1620 g/mol. The second kappa shape index (κ2) is 52.3. The Bertz CT molecular complexity index is 4000. The molecule has 19 atom stereocenters. The number of amides is 10. The number of thiol groups is 1. The molecule has 30 N–H and O–H groups in total. The number of nitrogen functional groups attached to an aromatic ring is 1. The molecule has 49 heteroatoms. The van der Waals surface area contributed by atoms with Crippen molar-refractivity contribution in [1.29, 1.82) is 0 Å². The summed E-state index contributed by atoms with van der Waals surface area (Å²) in [5, 5.41) is 181. The van der Waals surface area contributed by atoms with Crippen LogP contribution in [0.5, 0.6) is 0 Å². The van der Waals surface area contributed by atoms with Gasteiger partial charge in [-0.1, -0.05) is 27.7 Å². The molecule has 0 fully saturated rings. The minimum Gasteiger partial charge on any atom is -0.481 e. The monoisotopic (exact) mass is 1730 g/mol. The number of rotatable bonds is 58. The van der Waals surface area contributed by atoms with Gasteiger partial charge in [0.15, 0.2) is 11.2 Å². The van der Waals surface area contributed by atoms with E-state index < -0.39 is 319 Å². The van der Waals surface area contributed by atoms with E-state index >= 15 is 0 Å². The number of aliphatic hydroxyl groups is 11. The Morgan fingerprint density at radius 2 is 0.892 bits per heavy atom. The van der Waals surface area contributed by atoms with Gasteiger partial charge in [0, 0.05) is 81.2 Å². The molecule has 3 aromatic rings. The van der Waals surface area contributed by atoms with Gasteiger partial charge in [-0.15, -0.1) is 0 Å². The summed E-state index contributed by atoms with van der Waals surface area (Å²) in [6, 6.07) is -8.41. The number of nitrogens with two attached hydrogens (primary N) is 1. The van der Waals surface area contributed by atoms with Crippen LogP contribution in [0.1, 0.15) is 127 Å². The number of aliphatic carboxylic acids is 4. The van der Waals surface area contributed by atoms with Crippen LogP contribution < -0.4 is 75.1 Å². The molecule has 0 aliphatic heterocycles. The minimum atomic E-state index is -2.20. The number of aldehydes is 1. The van der Waals surface area contributed by atoms with Crippen LogP contribution in [-0.2, 0) is 73.7 Å². The van der Waals surface area contributed by atoms with Gasteiger partial charge in [-0.3, -0.25) is 67.3 Å². The average Bonchev–Trinajstić information content (AvgIpc) is 0.809. The molecule has 0 saturated heterocycles. The first-order valence-electron chi connectivity index (χ1n) is 37.9. The van der Waals surface area contributed by atoms with Gasteiger partial charge in [0.25, 0.3) is 11.5 Å². The van der Waals surface area contributed by atoms with Crippen molar-refractivity contribution in [2.75, 3.05) is 49.5 Å². The molecule has 2 heterocycles. The van der Waals surface area contributed by atoms with Gasteiger partial charge in [-0.25, -0.2) is 19.6 Å². The van der Waals surface area contributed by atoms with Crippen LogP contribution >= 0.6 is 12.6 Å². The fourth-order valence-corrected chi connectivity index (χ4v) is 11.4. The number of carbonyl (C=O) groups excluding carboxylic acids is 11. The van der Waals surface area contributed by atoms with E-state index in [4.69, 9.17) is 5.73 Å². The summed E-state index contributed by atoms with van der Waals surface area (Å²) < 4.78 is 0. The summed E-state index contributed by atoms with van der Waals surface area (Å²) in [5.74, 6) is -21.7. The molecule has 0 radical (unpaired) electrons. The van der Waals surface area contributed by atoms with Crippen LogP contribution in [-0.4, -0.2) is 334 Å². The second-order valence-electron chi connectivity index (χ2n) is 28.2. The molecule has 2 aromatic heterocycles. The SMILES string of the molecule is CCC(O)C(O)C(O)C(O)CNCC(C=O)CC(NC(=O)C(CCC(=O)O)NC(=O)C(CCC(=O)NCC(O)C(O)C(O)C(O)CC)NC(=O)C(CCC(=O)NCC(O)C(O)C(O)C(C)C)NC(=O)C(CCC(=O)O)NC(=O)CNC(=O)CCC(NC(=O)c1ccc(NCc2cnc3nc(N)[nH]c(=O)c3n2)cc1)C(=O)O)C(=O)NC(CS)C(=O)O. The highest BCUT2D eigenvalue weighted by molar-refractivity contribution is 7.80. The summed E-state index contributed by atoms with van der Waals surface area (Å²) in [6.45, 7) is 2.25. The normalized spacial score (nSPS) is 16.2. The maximum absolute atomic E-state index is 14.8. The third-order valence-electron chi connectivity index (χ3n) is 18.5. The van der Waals surface area contributed by atoms with E-state index in [0.717, 1.165) is 0 Å². The first-order valence-corrected chi connectivity index (χ1v) is 38.5. The van der Waals surface area contributed by atoms with Gasteiger partial charge in [0.05, 0.1) is 61.6 Å². The molecule has 19 unspecified atom stereocenters. The lowest BCUT2D eigenvalue weighted by molar-refractivity contribution is -0.142. The summed E-state index contributed by atoms with van der Waals surface area (Å²) in [7, 11) is 0. The van der Waals surface area contributed by atoms with Gasteiger partial charge in [0.1, 0.15) is 79.1 Å². The Hall–Kier alpha value is -10.8. The molecule has 0 aliphatic rings. The lowest BCUT2D eigenvalue weighted by Crippen LogP contribution is -2.60. The predicted octanol–water partition coefficient (Wildman–Crippen LogP) is -10.3. The van der Waals surface area contributed by atoms with Crippen LogP contribution in [0.3, 0.4) is 0 Å². The third-order valence-corrected chi connectivity index (χ3v) is 18.8. The van der Waals surface area contributed by atoms with Crippen LogP contribution in [0, 0.1) is 11.8 Å². The number of H-pyrrole nitrogens is 1. The number of aromatic amines is 1. The van der Waals surface area contributed by atoms with Gasteiger partial charge in [-0.2, -0.15) is 17.6 Å². The second-order valence-corrected chi connectivity index (χ2v) is 28.6. The number of fused-ring (bicyclic) bond motifs is 1. The topological polar surface area (TPSA) is 801 Å². The number of nitrogens with one attached hydrogen (secondary N) is 13. The smallest absolute Gasteiger partial charge is 0.327 e. The number of nitrogens with zero attached hydrogens (tertiary/aromatic N) is 3. The molecule has 1 aromatic carbocycles. The molecule has 10 amide bonds. The maximum Gasteiger partial charge on any atom is 0.327 e. The van der Waals surface area contributed by atoms with E-state index in [-0.39, 0.29) is 48.3 Å². The Morgan fingerprint density at radius 1 is 0.483 bits per heavy atom. The van der Waals surface area contributed by atoms with E-state index in [0.29, 0.717) is 11.4 Å².